The first-order chi connectivity index (χ1) is 32.0. The molecule has 0 N–H and O–H groups in total. The van der Waals surface area contributed by atoms with Crippen molar-refractivity contribution >= 4 is 66.4 Å². The maximum Gasteiger partial charge on any atom is 0.0546 e. The molecular formula is C65H68N2. The van der Waals surface area contributed by atoms with Gasteiger partial charge in [-0.25, -0.2) is 0 Å². The fourth-order valence-electron chi connectivity index (χ4n) is 14.2. The Balaban J connectivity index is 1.15. The summed E-state index contributed by atoms with van der Waals surface area (Å²) in [5, 5.41) is 7.73. The van der Waals surface area contributed by atoms with Gasteiger partial charge in [0.05, 0.1) is 11.4 Å². The van der Waals surface area contributed by atoms with Crippen LogP contribution in [0.5, 0.6) is 0 Å². The van der Waals surface area contributed by atoms with E-state index in [1.54, 1.807) is 0 Å². The molecule has 0 heterocycles. The lowest BCUT2D eigenvalue weighted by molar-refractivity contribution is 0.402. The Hall–Kier alpha value is -5.86. The molecule has 12 rings (SSSR count). The number of fused-ring (bicyclic) bond motifs is 9. The fourth-order valence-corrected chi connectivity index (χ4v) is 14.2. The van der Waals surface area contributed by atoms with Crippen molar-refractivity contribution in [1.29, 1.82) is 0 Å². The normalized spacial score (nSPS) is 18.1. The molecule has 0 fully saturated rings. The molecule has 0 saturated heterocycles. The van der Waals surface area contributed by atoms with Gasteiger partial charge in [0, 0.05) is 33.5 Å². The van der Waals surface area contributed by atoms with Gasteiger partial charge in [-0.15, -0.1) is 0 Å². The summed E-state index contributed by atoms with van der Waals surface area (Å²) in [4.78, 5) is 5.23. The summed E-state index contributed by atoms with van der Waals surface area (Å²) in [7, 11) is 0. The number of anilines is 6. The first-order valence-corrected chi connectivity index (χ1v) is 25.5. The number of benzene rings is 8. The van der Waals surface area contributed by atoms with E-state index in [2.05, 4.69) is 206 Å². The van der Waals surface area contributed by atoms with Crippen molar-refractivity contribution in [3.05, 3.63) is 177 Å². The van der Waals surface area contributed by atoms with Crippen LogP contribution in [0.3, 0.4) is 0 Å². The second-order valence-electron chi connectivity index (χ2n) is 24.0. The first-order valence-electron chi connectivity index (χ1n) is 25.5. The minimum absolute atomic E-state index is 0.0802. The lowest BCUT2D eigenvalue weighted by Crippen LogP contribution is -2.18. The summed E-state index contributed by atoms with van der Waals surface area (Å²) in [5.41, 5.74) is 21.2. The van der Waals surface area contributed by atoms with E-state index in [1.807, 2.05) is 0 Å². The van der Waals surface area contributed by atoms with Crippen molar-refractivity contribution in [3.63, 3.8) is 0 Å². The predicted molar refractivity (Wildman–Crippen MR) is 288 cm³/mol. The highest BCUT2D eigenvalue weighted by molar-refractivity contribution is 6.24. The van der Waals surface area contributed by atoms with Gasteiger partial charge in [0.25, 0.3) is 0 Å². The monoisotopic (exact) mass is 877 g/mol. The van der Waals surface area contributed by atoms with Crippen LogP contribution in [-0.2, 0) is 47.3 Å². The molecule has 338 valence electrons. The summed E-state index contributed by atoms with van der Waals surface area (Å²) in [5.74, 6) is 0.390. The van der Waals surface area contributed by atoms with E-state index < -0.39 is 0 Å². The Morgan fingerprint density at radius 3 is 1.28 bits per heavy atom. The highest BCUT2D eigenvalue weighted by Gasteiger charge is 2.43. The third-order valence-electron chi connectivity index (χ3n) is 17.0. The lowest BCUT2D eigenvalue weighted by Gasteiger charge is -2.31. The highest BCUT2D eigenvalue weighted by atomic mass is 15.2. The van der Waals surface area contributed by atoms with Crippen molar-refractivity contribution in [1.82, 2.24) is 0 Å². The van der Waals surface area contributed by atoms with Gasteiger partial charge < -0.3 is 9.80 Å². The molecule has 0 saturated carbocycles. The zero-order chi connectivity index (χ0) is 46.4. The molecule has 0 amide bonds. The number of rotatable bonds is 7. The van der Waals surface area contributed by atoms with Crippen molar-refractivity contribution in [2.75, 3.05) is 9.80 Å². The van der Waals surface area contributed by atoms with Crippen LogP contribution < -0.4 is 9.80 Å². The van der Waals surface area contributed by atoms with Crippen LogP contribution in [0.4, 0.5) is 34.1 Å². The summed E-state index contributed by atoms with van der Waals surface area (Å²) in [6, 6.07) is 51.2. The Bertz CT molecular complexity index is 3360. The van der Waals surface area contributed by atoms with Gasteiger partial charge in [0.1, 0.15) is 0 Å². The maximum atomic E-state index is 2.62. The van der Waals surface area contributed by atoms with E-state index in [-0.39, 0.29) is 21.7 Å². The number of hydrogen-bond donors (Lipinski definition) is 0. The van der Waals surface area contributed by atoms with Gasteiger partial charge >= 0.3 is 0 Å². The number of nitrogens with zero attached hydrogens (tertiary/aromatic N) is 2. The summed E-state index contributed by atoms with van der Waals surface area (Å²) in [6.45, 7) is 24.2. The molecule has 0 unspecified atom stereocenters. The van der Waals surface area contributed by atoms with E-state index >= 15 is 0 Å². The molecule has 2 heteroatoms. The zero-order valence-electron chi connectivity index (χ0n) is 41.8. The van der Waals surface area contributed by atoms with Gasteiger partial charge in [0.15, 0.2) is 0 Å². The number of hydrogen-bond acceptors (Lipinski definition) is 2. The standard InChI is InChI=1S/C65H68N2/c1-40(2)43-23-28-51-54-36-60(66(46-24-21-41-15-13-17-44(41)31-46)48-26-29-56-58(34-48)64(7,8)38-62(56,3)4)52-20-12-11-19-50(52)53(54)37-61(55(51)33-43)67(47-25-22-42-16-14-18-45(42)32-47)49-27-30-57-59(35-49)65(9,10)39-63(57,5)6/h11-12,19-37,40H,13-18,38-39H2,1-10H3. The van der Waals surface area contributed by atoms with Gasteiger partial charge in [-0.05, 0) is 217 Å². The quantitative estimate of drug-likeness (QED) is 0.147. The van der Waals surface area contributed by atoms with E-state index in [0.717, 1.165) is 25.7 Å². The lowest BCUT2D eigenvalue weighted by atomic mass is 9.82. The van der Waals surface area contributed by atoms with Gasteiger partial charge in [-0.2, -0.15) is 0 Å². The molecule has 0 spiro atoms. The van der Waals surface area contributed by atoms with E-state index in [4.69, 9.17) is 0 Å². The van der Waals surface area contributed by atoms with Gasteiger partial charge in [-0.3, -0.25) is 0 Å². The molecule has 0 bridgehead atoms. The van der Waals surface area contributed by atoms with Crippen molar-refractivity contribution in [3.8, 4) is 0 Å². The molecule has 8 aromatic carbocycles. The average molecular weight is 877 g/mol. The van der Waals surface area contributed by atoms with E-state index in [0.29, 0.717) is 5.92 Å². The van der Waals surface area contributed by atoms with Crippen LogP contribution >= 0.6 is 0 Å². The Morgan fingerprint density at radius 1 is 0.358 bits per heavy atom. The minimum Gasteiger partial charge on any atom is -0.310 e. The molecule has 67 heavy (non-hydrogen) atoms. The molecule has 4 aliphatic rings. The molecule has 8 aromatic rings. The van der Waals surface area contributed by atoms with Crippen molar-refractivity contribution < 1.29 is 0 Å². The topological polar surface area (TPSA) is 6.48 Å². The fraction of sp³-hybridized carbons (Fsp3) is 0.354. The Labute approximate surface area is 400 Å². The van der Waals surface area contributed by atoms with Crippen LogP contribution in [0, 0.1) is 0 Å². The van der Waals surface area contributed by atoms with Gasteiger partial charge in [-0.1, -0.05) is 130 Å². The van der Waals surface area contributed by atoms with Crippen LogP contribution in [0.15, 0.2) is 127 Å². The molecular weight excluding hydrogens is 809 g/mol. The van der Waals surface area contributed by atoms with Gasteiger partial charge in [0.2, 0.25) is 0 Å². The third-order valence-corrected chi connectivity index (χ3v) is 17.0. The SMILES string of the molecule is CC(C)c1ccc2c(c1)c(N(c1ccc3c(c1)CCC3)c1ccc3c(c1)C(C)(C)CC3(C)C)cc1c3ccccc3c(N(c3ccc4c(c3)CCC4)c3ccc4c(c3)C(C)(C)CC4(C)C)cc21. The minimum atomic E-state index is 0.0802. The van der Waals surface area contributed by atoms with Crippen LogP contribution in [-0.4, -0.2) is 0 Å². The van der Waals surface area contributed by atoms with Crippen LogP contribution in [0.2, 0.25) is 0 Å². The first kappa shape index (κ1) is 42.5. The molecule has 0 aromatic heterocycles. The molecule has 0 radical (unpaired) electrons. The largest absolute Gasteiger partial charge is 0.310 e. The maximum absolute atomic E-state index is 2.62. The Morgan fingerprint density at radius 2 is 0.776 bits per heavy atom. The predicted octanol–water partition coefficient (Wildman–Crippen LogP) is 18.1. The van der Waals surface area contributed by atoms with Crippen LogP contribution in [0.25, 0.3) is 32.3 Å². The summed E-state index contributed by atoms with van der Waals surface area (Å²) in [6.07, 6.45) is 9.39. The molecule has 0 aliphatic heterocycles. The summed E-state index contributed by atoms with van der Waals surface area (Å²) < 4.78 is 0. The van der Waals surface area contributed by atoms with E-state index in [9.17, 15) is 0 Å². The average Bonchev–Trinajstić information content (AvgIpc) is 4.05. The van der Waals surface area contributed by atoms with E-state index in [1.165, 1.54) is 142 Å². The number of aryl methyl sites for hydroxylation is 4. The zero-order valence-corrected chi connectivity index (χ0v) is 41.8. The molecule has 4 aliphatic carbocycles. The highest BCUT2D eigenvalue weighted by Crippen LogP contribution is 2.55. The van der Waals surface area contributed by atoms with Crippen molar-refractivity contribution in [2.45, 2.75) is 148 Å². The molecule has 2 nitrogen and oxygen atoms in total. The third kappa shape index (κ3) is 6.70. The second kappa shape index (κ2) is 14.8. The smallest absolute Gasteiger partial charge is 0.0546 e. The second-order valence-corrected chi connectivity index (χ2v) is 24.0. The van der Waals surface area contributed by atoms with Crippen LogP contribution in [0.1, 0.15) is 151 Å². The Kier molecular flexibility index (Phi) is 9.40. The molecule has 0 atom stereocenters. The van der Waals surface area contributed by atoms with Crippen molar-refractivity contribution in [2.24, 2.45) is 0 Å². The summed E-state index contributed by atoms with van der Waals surface area (Å²) >= 11 is 0.